The average molecular weight is 476 g/mol. The second kappa shape index (κ2) is 9.90. The van der Waals surface area contributed by atoms with E-state index in [-0.39, 0.29) is 23.9 Å². The molecule has 1 aliphatic rings. The van der Waals surface area contributed by atoms with Crippen LogP contribution in [-0.2, 0) is 4.79 Å². The number of benzene rings is 3. The molecular weight excluding hydrogens is 446 g/mol. The number of hydrogen-bond acceptors (Lipinski definition) is 3. The Bertz CT molecular complexity index is 1210. The first-order chi connectivity index (χ1) is 16.3. The van der Waals surface area contributed by atoms with Gasteiger partial charge in [0.1, 0.15) is 0 Å². The van der Waals surface area contributed by atoms with Crippen LogP contribution in [0, 0.1) is 0 Å². The van der Waals surface area contributed by atoms with Crippen molar-refractivity contribution >= 4 is 34.8 Å². The van der Waals surface area contributed by atoms with Gasteiger partial charge in [0.25, 0.3) is 5.91 Å². The highest BCUT2D eigenvalue weighted by Gasteiger charge is 2.35. The number of carbonyl (C=O) groups excluding carboxylic acids is 2. The van der Waals surface area contributed by atoms with Crippen molar-refractivity contribution in [1.82, 2.24) is 5.32 Å². The number of nitrogens with one attached hydrogen (secondary N) is 1. The summed E-state index contributed by atoms with van der Waals surface area (Å²) in [4.78, 5) is 29.0. The van der Waals surface area contributed by atoms with Crippen molar-refractivity contribution in [3.63, 3.8) is 0 Å². The summed E-state index contributed by atoms with van der Waals surface area (Å²) >= 11 is 6.15. The topological polar surface area (TPSA) is 52.7 Å². The Morgan fingerprint density at radius 2 is 1.76 bits per heavy atom. The van der Waals surface area contributed by atoms with Crippen molar-refractivity contribution in [2.75, 3.05) is 23.4 Å². The van der Waals surface area contributed by atoms with Crippen LogP contribution in [0.2, 0.25) is 5.02 Å². The summed E-state index contributed by atoms with van der Waals surface area (Å²) in [7, 11) is 1.63. The van der Waals surface area contributed by atoms with Gasteiger partial charge in [0.15, 0.2) is 0 Å². The van der Waals surface area contributed by atoms with Gasteiger partial charge in [-0.3, -0.25) is 9.59 Å². The molecule has 3 aromatic rings. The lowest BCUT2D eigenvalue weighted by molar-refractivity contribution is -0.117. The minimum absolute atomic E-state index is 0.0381. The molecule has 0 aliphatic carbocycles. The van der Waals surface area contributed by atoms with Crippen LogP contribution in [0.15, 0.2) is 66.7 Å². The Morgan fingerprint density at radius 1 is 1.06 bits per heavy atom. The maximum atomic E-state index is 12.6. The zero-order chi connectivity index (χ0) is 24.4. The van der Waals surface area contributed by atoms with E-state index in [9.17, 15) is 9.59 Å². The van der Waals surface area contributed by atoms with Crippen molar-refractivity contribution in [2.24, 2.45) is 0 Å². The van der Waals surface area contributed by atoms with Gasteiger partial charge in [0.2, 0.25) is 5.91 Å². The Hall–Kier alpha value is -3.31. The Kier molecular flexibility index (Phi) is 6.94. The van der Waals surface area contributed by atoms with E-state index in [1.165, 1.54) is 0 Å². The van der Waals surface area contributed by atoms with Crippen molar-refractivity contribution in [2.45, 2.75) is 39.3 Å². The standard InChI is InChI=1S/C28H30ClN3O2/c1-5-31(24-12-10-23(29)11-13-24)27-15-18(2)32(19(3)33)26-14-9-21(17-25(26)27)20-7-6-8-22(16-20)28(34)30-4/h6-14,16-18,27H,5,15H2,1-4H3,(H,30,34)/t18-,27+/m1/s1. The zero-order valence-corrected chi connectivity index (χ0v) is 20.8. The summed E-state index contributed by atoms with van der Waals surface area (Å²) in [5, 5.41) is 3.39. The number of nitrogens with zero attached hydrogens (tertiary/aromatic N) is 2. The third kappa shape index (κ3) is 4.53. The fourth-order valence-corrected chi connectivity index (χ4v) is 5.11. The van der Waals surface area contributed by atoms with E-state index >= 15 is 0 Å². The van der Waals surface area contributed by atoms with Gasteiger partial charge in [-0.25, -0.2) is 0 Å². The van der Waals surface area contributed by atoms with Gasteiger partial charge < -0.3 is 15.1 Å². The van der Waals surface area contributed by atoms with Gasteiger partial charge in [-0.2, -0.15) is 0 Å². The van der Waals surface area contributed by atoms with Crippen molar-refractivity contribution in [1.29, 1.82) is 0 Å². The van der Waals surface area contributed by atoms with Crippen LogP contribution >= 0.6 is 11.6 Å². The number of fused-ring (bicyclic) bond motifs is 1. The van der Waals surface area contributed by atoms with Crippen LogP contribution in [-0.4, -0.2) is 31.4 Å². The van der Waals surface area contributed by atoms with E-state index < -0.39 is 0 Å². The summed E-state index contributed by atoms with van der Waals surface area (Å²) in [5.74, 6) is -0.0785. The SMILES string of the molecule is CCN(c1ccc(Cl)cc1)[C@H]1C[C@@H](C)N(C(C)=O)c2ccc(-c3cccc(C(=O)NC)c3)cc21. The molecule has 0 bridgehead atoms. The Balaban J connectivity index is 1.84. The molecule has 176 valence electrons. The molecule has 0 saturated heterocycles. The number of halogens is 1. The molecular formula is C28H30ClN3O2. The van der Waals surface area contributed by atoms with Gasteiger partial charge in [-0.15, -0.1) is 0 Å². The molecule has 5 nitrogen and oxygen atoms in total. The molecule has 0 aromatic heterocycles. The van der Waals surface area contributed by atoms with Crippen LogP contribution in [0.4, 0.5) is 11.4 Å². The zero-order valence-electron chi connectivity index (χ0n) is 20.0. The highest BCUT2D eigenvalue weighted by molar-refractivity contribution is 6.30. The van der Waals surface area contributed by atoms with E-state index in [1.807, 2.05) is 65.6 Å². The molecule has 0 fully saturated rings. The van der Waals surface area contributed by atoms with Crippen LogP contribution in [0.1, 0.15) is 49.2 Å². The fraction of sp³-hybridized carbons (Fsp3) is 0.286. The van der Waals surface area contributed by atoms with E-state index in [1.54, 1.807) is 14.0 Å². The van der Waals surface area contributed by atoms with E-state index in [0.717, 1.165) is 41.0 Å². The lowest BCUT2D eigenvalue weighted by Crippen LogP contribution is -2.45. The maximum absolute atomic E-state index is 12.6. The van der Waals surface area contributed by atoms with Crippen LogP contribution in [0.5, 0.6) is 0 Å². The van der Waals surface area contributed by atoms with Gasteiger partial charge >= 0.3 is 0 Å². The first kappa shape index (κ1) is 23.8. The molecule has 34 heavy (non-hydrogen) atoms. The third-order valence-electron chi connectivity index (χ3n) is 6.55. The molecule has 0 radical (unpaired) electrons. The maximum Gasteiger partial charge on any atom is 0.251 e. The quantitative estimate of drug-likeness (QED) is 0.486. The normalized spacial score (nSPS) is 17.1. The molecule has 1 aliphatic heterocycles. The number of hydrogen-bond donors (Lipinski definition) is 1. The lowest BCUT2D eigenvalue weighted by Gasteiger charge is -2.44. The van der Waals surface area contributed by atoms with Crippen molar-refractivity contribution in [3.8, 4) is 11.1 Å². The predicted molar refractivity (Wildman–Crippen MR) is 140 cm³/mol. The van der Waals surface area contributed by atoms with Crippen molar-refractivity contribution < 1.29 is 9.59 Å². The monoisotopic (exact) mass is 475 g/mol. The second-order valence-corrected chi connectivity index (χ2v) is 9.12. The van der Waals surface area contributed by atoms with Crippen LogP contribution in [0.25, 0.3) is 11.1 Å². The number of anilines is 2. The summed E-state index contributed by atoms with van der Waals surface area (Å²) < 4.78 is 0. The molecule has 2 atom stereocenters. The predicted octanol–water partition coefficient (Wildman–Crippen LogP) is 6.08. The summed E-state index contributed by atoms with van der Waals surface area (Å²) in [6, 6.07) is 21.9. The average Bonchev–Trinajstić information content (AvgIpc) is 2.84. The largest absolute Gasteiger partial charge is 0.365 e. The highest BCUT2D eigenvalue weighted by atomic mass is 35.5. The van der Waals surface area contributed by atoms with E-state index in [4.69, 9.17) is 11.6 Å². The van der Waals surface area contributed by atoms with Gasteiger partial charge in [0.05, 0.1) is 6.04 Å². The molecule has 1 heterocycles. The summed E-state index contributed by atoms with van der Waals surface area (Å²) in [5.41, 5.74) is 5.73. The molecule has 1 N–H and O–H groups in total. The second-order valence-electron chi connectivity index (χ2n) is 8.69. The summed E-state index contributed by atoms with van der Waals surface area (Å²) in [6.07, 6.45) is 0.810. The highest BCUT2D eigenvalue weighted by Crippen LogP contribution is 2.44. The van der Waals surface area contributed by atoms with Gasteiger partial charge in [-0.05, 0) is 85.5 Å². The third-order valence-corrected chi connectivity index (χ3v) is 6.80. The number of rotatable bonds is 5. The molecule has 3 aromatic carbocycles. The molecule has 4 rings (SSSR count). The molecule has 6 heteroatoms. The minimum atomic E-state index is -0.117. The van der Waals surface area contributed by atoms with Gasteiger partial charge in [0, 0.05) is 48.5 Å². The number of amides is 2. The fourth-order valence-electron chi connectivity index (χ4n) is 4.99. The smallest absolute Gasteiger partial charge is 0.251 e. The molecule has 0 saturated carbocycles. The first-order valence-electron chi connectivity index (χ1n) is 11.6. The Labute approximate surface area is 206 Å². The number of carbonyl (C=O) groups is 2. The van der Waals surface area contributed by atoms with Crippen LogP contribution in [0.3, 0.4) is 0 Å². The first-order valence-corrected chi connectivity index (χ1v) is 12.0. The van der Waals surface area contributed by atoms with Crippen LogP contribution < -0.4 is 15.1 Å². The molecule has 0 unspecified atom stereocenters. The van der Waals surface area contributed by atoms with E-state index in [2.05, 4.69) is 30.1 Å². The molecule has 2 amide bonds. The van der Waals surface area contributed by atoms with E-state index in [0.29, 0.717) is 10.6 Å². The summed E-state index contributed by atoms with van der Waals surface area (Å²) in [6.45, 7) is 6.69. The van der Waals surface area contributed by atoms with Gasteiger partial charge in [-0.1, -0.05) is 29.8 Å². The Morgan fingerprint density at radius 3 is 2.41 bits per heavy atom. The van der Waals surface area contributed by atoms with Crippen molar-refractivity contribution in [3.05, 3.63) is 82.9 Å². The lowest BCUT2D eigenvalue weighted by atomic mass is 9.87. The molecule has 0 spiro atoms. The minimum Gasteiger partial charge on any atom is -0.365 e.